The van der Waals surface area contributed by atoms with Crippen molar-refractivity contribution in [2.24, 2.45) is 5.10 Å². The normalized spacial score (nSPS) is 12.4. The van der Waals surface area contributed by atoms with Gasteiger partial charge in [-0.3, -0.25) is 0 Å². The molecule has 41 heavy (non-hydrogen) atoms. The lowest BCUT2D eigenvalue weighted by Crippen LogP contribution is -2.38. The summed E-state index contributed by atoms with van der Waals surface area (Å²) in [6.07, 6.45) is 43.4. The highest BCUT2D eigenvalue weighted by Gasteiger charge is 2.12. The molecule has 0 aromatic rings. The fourth-order valence-electron chi connectivity index (χ4n) is 6.10. The molecule has 0 spiro atoms. The van der Waals surface area contributed by atoms with E-state index < -0.39 is 0 Å². The Kier molecular flexibility index (Phi) is 31.9. The topological polar surface area (TPSA) is 35.4 Å². The molecule has 3 heteroatoms. The maximum Gasteiger partial charge on any atom is 0.103 e. The van der Waals surface area contributed by atoms with Gasteiger partial charge in [0.05, 0.1) is 14.1 Å². The Morgan fingerprint density at radius 1 is 0.390 bits per heavy atom. The average Bonchev–Trinajstić information content (AvgIpc) is 2.94. The zero-order valence-electron chi connectivity index (χ0n) is 29.1. The molecular formula is C38H78N2O. The van der Waals surface area contributed by atoms with Gasteiger partial charge in [-0.2, -0.15) is 0 Å². The molecular weight excluding hydrogens is 500 g/mol. The number of unbranched alkanes of at least 4 members (excludes halogenated alkanes) is 29. The number of nitrogens with zero attached hydrogens (tertiary/aromatic N) is 2. The molecule has 0 aromatic carbocycles. The maximum absolute atomic E-state index is 12.4. The van der Waals surface area contributed by atoms with E-state index in [0.29, 0.717) is 11.0 Å². The molecule has 0 N–H and O–H groups in total. The third kappa shape index (κ3) is 33.8. The van der Waals surface area contributed by atoms with Crippen molar-refractivity contribution in [3.8, 4) is 0 Å². The van der Waals surface area contributed by atoms with Gasteiger partial charge in [0.2, 0.25) is 0 Å². The predicted molar refractivity (Wildman–Crippen MR) is 184 cm³/mol. The fraction of sp³-hybridized carbons (Fsp3) is 0.974. The van der Waals surface area contributed by atoms with Gasteiger partial charge in [0.15, 0.2) is 0 Å². The Morgan fingerprint density at radius 3 is 0.927 bits per heavy atom. The standard InChI is InChI=1S/C38H78N2O/c1-5-7-9-11-13-15-17-19-21-22-23-24-26-28-30-32-34-36-38(41)39-40(3,4)37-35-33-31-29-27-25-20-18-16-14-12-10-8-6-2/h5-37H2,1-4H3. The lowest BCUT2D eigenvalue weighted by atomic mass is 10.0. The van der Waals surface area contributed by atoms with Crippen molar-refractivity contribution >= 4 is 5.90 Å². The van der Waals surface area contributed by atoms with Crippen LogP contribution in [0.4, 0.5) is 0 Å². The summed E-state index contributed by atoms with van der Waals surface area (Å²) < 4.78 is 0.510. The summed E-state index contributed by atoms with van der Waals surface area (Å²) in [4.78, 5) is 0. The van der Waals surface area contributed by atoms with Gasteiger partial charge >= 0.3 is 0 Å². The highest BCUT2D eigenvalue weighted by molar-refractivity contribution is 5.70. The van der Waals surface area contributed by atoms with Crippen LogP contribution in [0.2, 0.25) is 0 Å². The van der Waals surface area contributed by atoms with Crippen LogP contribution in [0.15, 0.2) is 5.10 Å². The highest BCUT2D eigenvalue weighted by Crippen LogP contribution is 2.16. The quantitative estimate of drug-likeness (QED) is 0.0246. The van der Waals surface area contributed by atoms with Gasteiger partial charge in [0.25, 0.3) is 0 Å². The van der Waals surface area contributed by atoms with Gasteiger partial charge in [0.1, 0.15) is 6.54 Å². The molecule has 0 saturated carbocycles. The third-order valence-electron chi connectivity index (χ3n) is 8.94. The maximum atomic E-state index is 12.4. The van der Waals surface area contributed by atoms with Crippen molar-refractivity contribution < 1.29 is 9.70 Å². The first-order valence-electron chi connectivity index (χ1n) is 19.1. The smallest absolute Gasteiger partial charge is 0.103 e. The van der Waals surface area contributed by atoms with Gasteiger partial charge in [0, 0.05) is 5.90 Å². The van der Waals surface area contributed by atoms with Crippen LogP contribution < -0.4 is 5.11 Å². The van der Waals surface area contributed by atoms with Crippen molar-refractivity contribution in [1.29, 1.82) is 0 Å². The van der Waals surface area contributed by atoms with E-state index >= 15 is 0 Å². The Hall–Kier alpha value is -0.570. The van der Waals surface area contributed by atoms with E-state index in [4.69, 9.17) is 0 Å². The van der Waals surface area contributed by atoms with E-state index in [0.717, 1.165) is 13.0 Å². The summed E-state index contributed by atoms with van der Waals surface area (Å²) >= 11 is 0. The molecule has 0 heterocycles. The van der Waals surface area contributed by atoms with Crippen LogP contribution in [0.5, 0.6) is 0 Å². The van der Waals surface area contributed by atoms with Crippen molar-refractivity contribution in [1.82, 2.24) is 0 Å². The van der Waals surface area contributed by atoms with Gasteiger partial charge in [-0.25, -0.2) is 4.59 Å². The van der Waals surface area contributed by atoms with Crippen LogP contribution in [0.3, 0.4) is 0 Å². The molecule has 0 bridgehead atoms. The van der Waals surface area contributed by atoms with Crippen molar-refractivity contribution in [2.45, 2.75) is 219 Å². The first-order valence-corrected chi connectivity index (χ1v) is 19.1. The fourth-order valence-corrected chi connectivity index (χ4v) is 6.10. The van der Waals surface area contributed by atoms with Gasteiger partial charge < -0.3 is 5.11 Å². The van der Waals surface area contributed by atoms with Gasteiger partial charge in [-0.05, 0) is 25.7 Å². The molecule has 246 valence electrons. The SMILES string of the molecule is CCCCCCCCCCCCCCCCCCC/C([O-])=N/[N+](C)(C)CCCCCCCCCCCCCCCC. The zero-order chi connectivity index (χ0) is 30.1. The molecule has 0 amide bonds. The Bertz CT molecular complexity index is 530. The Morgan fingerprint density at radius 2 is 0.634 bits per heavy atom. The lowest BCUT2D eigenvalue weighted by molar-refractivity contribution is -0.898. The number of hydrogen-bond donors (Lipinski definition) is 0. The predicted octanol–water partition coefficient (Wildman–Crippen LogP) is 12.3. The van der Waals surface area contributed by atoms with E-state index in [1.807, 2.05) is 0 Å². The minimum absolute atomic E-state index is 0.112. The van der Waals surface area contributed by atoms with E-state index in [1.165, 1.54) is 193 Å². The van der Waals surface area contributed by atoms with Gasteiger partial charge in [-0.1, -0.05) is 194 Å². The zero-order valence-corrected chi connectivity index (χ0v) is 29.1. The number of rotatable bonds is 34. The first kappa shape index (κ1) is 40.4. The number of quaternary nitrogens is 1. The van der Waals surface area contributed by atoms with E-state index in [1.54, 1.807) is 0 Å². The van der Waals surface area contributed by atoms with E-state index in [9.17, 15) is 5.11 Å². The largest absolute Gasteiger partial charge is 0.858 e. The molecule has 0 aliphatic heterocycles. The van der Waals surface area contributed by atoms with Gasteiger partial charge in [-0.15, -0.1) is 5.10 Å². The summed E-state index contributed by atoms with van der Waals surface area (Å²) in [5, 5.41) is 16.9. The summed E-state index contributed by atoms with van der Waals surface area (Å²) in [5.41, 5.74) is 0. The molecule has 0 rings (SSSR count). The molecule has 0 saturated heterocycles. The van der Waals surface area contributed by atoms with Crippen LogP contribution in [-0.4, -0.2) is 31.1 Å². The Labute approximate surface area is 260 Å². The average molecular weight is 579 g/mol. The molecule has 0 atom stereocenters. The number of hydrogen-bond acceptors (Lipinski definition) is 2. The van der Waals surface area contributed by atoms with Crippen molar-refractivity contribution in [2.75, 3.05) is 20.6 Å². The van der Waals surface area contributed by atoms with Crippen LogP contribution in [-0.2, 0) is 0 Å². The molecule has 0 unspecified atom stereocenters. The molecule has 0 radical (unpaired) electrons. The second-order valence-corrected chi connectivity index (χ2v) is 13.8. The van der Waals surface area contributed by atoms with Crippen molar-refractivity contribution in [3.63, 3.8) is 0 Å². The summed E-state index contributed by atoms with van der Waals surface area (Å²) in [7, 11) is 4.18. The third-order valence-corrected chi connectivity index (χ3v) is 8.94. The molecule has 0 aliphatic carbocycles. The van der Waals surface area contributed by atoms with Crippen LogP contribution >= 0.6 is 0 Å². The van der Waals surface area contributed by atoms with Crippen LogP contribution in [0.25, 0.3) is 0 Å². The second-order valence-electron chi connectivity index (χ2n) is 13.8. The van der Waals surface area contributed by atoms with Crippen LogP contribution in [0, 0.1) is 0 Å². The molecule has 0 fully saturated rings. The summed E-state index contributed by atoms with van der Waals surface area (Å²) in [6, 6.07) is 0. The Balaban J connectivity index is 3.46. The first-order chi connectivity index (χ1) is 20.0. The summed E-state index contributed by atoms with van der Waals surface area (Å²) in [5.74, 6) is 0.112. The summed E-state index contributed by atoms with van der Waals surface area (Å²) in [6.45, 7) is 5.57. The monoisotopic (exact) mass is 579 g/mol. The minimum Gasteiger partial charge on any atom is -0.858 e. The second kappa shape index (κ2) is 32.3. The molecule has 0 aliphatic rings. The minimum atomic E-state index is 0.112. The van der Waals surface area contributed by atoms with Crippen molar-refractivity contribution in [3.05, 3.63) is 0 Å². The lowest BCUT2D eigenvalue weighted by Gasteiger charge is -2.25. The molecule has 0 aromatic heterocycles. The van der Waals surface area contributed by atoms with E-state index in [2.05, 4.69) is 33.0 Å². The highest BCUT2D eigenvalue weighted by atomic mass is 16.3. The molecule has 3 nitrogen and oxygen atoms in total. The van der Waals surface area contributed by atoms with E-state index in [-0.39, 0.29) is 5.90 Å². The van der Waals surface area contributed by atoms with Crippen LogP contribution in [0.1, 0.15) is 219 Å².